The Balaban J connectivity index is 2.91. The summed E-state index contributed by atoms with van der Waals surface area (Å²) in [4.78, 5) is 3.83. The van der Waals surface area contributed by atoms with Crippen molar-refractivity contribution in [2.45, 2.75) is 12.5 Å². The molecule has 1 rings (SSSR count). The topological polar surface area (TPSA) is 82.9 Å². The molecule has 1 atom stereocenters. The molecular formula is C8H8ClN3O. The van der Waals surface area contributed by atoms with E-state index in [9.17, 15) is 0 Å². The van der Waals surface area contributed by atoms with Gasteiger partial charge in [-0.2, -0.15) is 5.26 Å². The molecule has 3 N–H and O–H groups in total. The van der Waals surface area contributed by atoms with Crippen LogP contribution in [-0.2, 0) is 0 Å². The van der Waals surface area contributed by atoms with Crippen LogP contribution in [0.1, 0.15) is 18.2 Å². The van der Waals surface area contributed by atoms with Crippen molar-refractivity contribution in [1.29, 1.82) is 5.26 Å². The van der Waals surface area contributed by atoms with E-state index in [1.807, 2.05) is 6.07 Å². The van der Waals surface area contributed by atoms with E-state index in [0.29, 0.717) is 5.69 Å². The molecule has 0 saturated carbocycles. The average Bonchev–Trinajstić information content (AvgIpc) is 2.10. The van der Waals surface area contributed by atoms with Crippen molar-refractivity contribution in [3.8, 4) is 11.8 Å². The molecule has 1 aromatic rings. The van der Waals surface area contributed by atoms with Gasteiger partial charge in [-0.15, -0.1) is 0 Å². The van der Waals surface area contributed by atoms with Crippen molar-refractivity contribution in [1.82, 2.24) is 4.98 Å². The van der Waals surface area contributed by atoms with Crippen molar-refractivity contribution in [2.24, 2.45) is 5.73 Å². The number of rotatable bonds is 2. The first-order valence-corrected chi connectivity index (χ1v) is 4.01. The zero-order valence-electron chi connectivity index (χ0n) is 6.74. The summed E-state index contributed by atoms with van der Waals surface area (Å²) >= 11 is 5.56. The first kappa shape index (κ1) is 9.78. The second kappa shape index (κ2) is 4.08. The standard InChI is InChI=1S/C8H8ClN3O/c9-8-7(13)2-1-6(12-8)5(11)3-4-10/h1-2,5,13H,3,11H2/t5-/m0/s1. The number of halogens is 1. The van der Waals surface area contributed by atoms with Gasteiger partial charge in [0.25, 0.3) is 0 Å². The Kier molecular flexibility index (Phi) is 3.07. The fourth-order valence-electron chi connectivity index (χ4n) is 0.850. The van der Waals surface area contributed by atoms with E-state index in [-0.39, 0.29) is 17.3 Å². The van der Waals surface area contributed by atoms with Gasteiger partial charge in [-0.25, -0.2) is 4.98 Å². The third kappa shape index (κ3) is 2.31. The number of hydrogen-bond donors (Lipinski definition) is 2. The van der Waals surface area contributed by atoms with Crippen LogP contribution in [0.3, 0.4) is 0 Å². The molecule has 1 heterocycles. The van der Waals surface area contributed by atoms with Crippen molar-refractivity contribution < 1.29 is 5.11 Å². The third-order valence-corrected chi connectivity index (χ3v) is 1.82. The summed E-state index contributed by atoms with van der Waals surface area (Å²) in [6.07, 6.45) is 0.175. The molecule has 0 bridgehead atoms. The van der Waals surface area contributed by atoms with Crippen LogP contribution in [0.15, 0.2) is 12.1 Å². The van der Waals surface area contributed by atoms with Gasteiger partial charge in [-0.3, -0.25) is 0 Å². The molecule has 13 heavy (non-hydrogen) atoms. The maximum atomic E-state index is 9.06. The molecule has 68 valence electrons. The lowest BCUT2D eigenvalue weighted by atomic mass is 10.1. The van der Waals surface area contributed by atoms with Crippen LogP contribution in [0.2, 0.25) is 5.15 Å². The Labute approximate surface area is 80.6 Å². The Hall–Kier alpha value is -1.31. The number of nitrogens with two attached hydrogens (primary N) is 1. The molecule has 0 radical (unpaired) electrons. The summed E-state index contributed by atoms with van der Waals surface area (Å²) in [6.45, 7) is 0. The van der Waals surface area contributed by atoms with E-state index in [1.54, 1.807) is 6.07 Å². The lowest BCUT2D eigenvalue weighted by molar-refractivity contribution is 0.472. The number of nitrogens with zero attached hydrogens (tertiary/aromatic N) is 2. The van der Waals surface area contributed by atoms with Gasteiger partial charge >= 0.3 is 0 Å². The fraction of sp³-hybridized carbons (Fsp3) is 0.250. The van der Waals surface area contributed by atoms with Crippen LogP contribution in [-0.4, -0.2) is 10.1 Å². The van der Waals surface area contributed by atoms with Crippen LogP contribution in [0.25, 0.3) is 0 Å². The lowest BCUT2D eigenvalue weighted by Crippen LogP contribution is -2.10. The third-order valence-electron chi connectivity index (χ3n) is 1.54. The van der Waals surface area contributed by atoms with Crippen molar-refractivity contribution in [2.75, 3.05) is 0 Å². The first-order chi connectivity index (χ1) is 6.15. The highest BCUT2D eigenvalue weighted by molar-refractivity contribution is 6.30. The van der Waals surface area contributed by atoms with Gasteiger partial charge < -0.3 is 10.8 Å². The van der Waals surface area contributed by atoms with E-state index in [0.717, 1.165) is 0 Å². The first-order valence-electron chi connectivity index (χ1n) is 3.63. The zero-order valence-corrected chi connectivity index (χ0v) is 7.49. The van der Waals surface area contributed by atoms with Crippen molar-refractivity contribution >= 4 is 11.6 Å². The highest BCUT2D eigenvalue weighted by atomic mass is 35.5. The monoisotopic (exact) mass is 197 g/mol. The highest BCUT2D eigenvalue weighted by Gasteiger charge is 2.09. The van der Waals surface area contributed by atoms with Gasteiger partial charge in [-0.05, 0) is 12.1 Å². The molecule has 0 aromatic carbocycles. The molecule has 4 nitrogen and oxygen atoms in total. The molecular weight excluding hydrogens is 190 g/mol. The minimum absolute atomic E-state index is 0.00545. The highest BCUT2D eigenvalue weighted by Crippen LogP contribution is 2.22. The molecule has 5 heteroatoms. The van der Waals surface area contributed by atoms with Gasteiger partial charge in [0.05, 0.1) is 24.2 Å². The molecule has 0 unspecified atom stereocenters. The molecule has 1 aromatic heterocycles. The Morgan fingerprint density at radius 2 is 2.38 bits per heavy atom. The van der Waals surface area contributed by atoms with Crippen LogP contribution in [0.4, 0.5) is 0 Å². The fourth-order valence-corrected chi connectivity index (χ4v) is 1.01. The number of aromatic nitrogens is 1. The zero-order chi connectivity index (χ0) is 9.84. The molecule has 0 aliphatic rings. The molecule has 0 amide bonds. The Bertz CT molecular complexity index is 348. The van der Waals surface area contributed by atoms with Crippen molar-refractivity contribution in [3.63, 3.8) is 0 Å². The van der Waals surface area contributed by atoms with E-state index in [4.69, 9.17) is 27.7 Å². The van der Waals surface area contributed by atoms with E-state index in [1.165, 1.54) is 6.07 Å². The van der Waals surface area contributed by atoms with Gasteiger partial charge in [0, 0.05) is 0 Å². The van der Waals surface area contributed by atoms with Crippen LogP contribution in [0, 0.1) is 11.3 Å². The predicted octanol–water partition coefficient (Wildman–Crippen LogP) is 1.35. The molecule has 0 aliphatic heterocycles. The van der Waals surface area contributed by atoms with Gasteiger partial charge in [0.15, 0.2) is 10.9 Å². The molecule has 0 fully saturated rings. The summed E-state index contributed by atoms with van der Waals surface area (Å²) in [6, 6.07) is 4.42. The summed E-state index contributed by atoms with van der Waals surface area (Å²) in [5.41, 5.74) is 6.10. The largest absolute Gasteiger partial charge is 0.505 e. The maximum Gasteiger partial charge on any atom is 0.171 e. The van der Waals surface area contributed by atoms with Crippen LogP contribution < -0.4 is 5.73 Å². The van der Waals surface area contributed by atoms with E-state index < -0.39 is 6.04 Å². The quantitative estimate of drug-likeness (QED) is 0.702. The van der Waals surface area contributed by atoms with E-state index >= 15 is 0 Å². The normalized spacial score (nSPS) is 12.1. The number of pyridine rings is 1. The second-order valence-corrected chi connectivity index (χ2v) is 2.87. The summed E-state index contributed by atoms with van der Waals surface area (Å²) in [7, 11) is 0. The average molecular weight is 198 g/mol. The lowest BCUT2D eigenvalue weighted by Gasteiger charge is -2.06. The van der Waals surface area contributed by atoms with Crippen LogP contribution >= 0.6 is 11.6 Å². The van der Waals surface area contributed by atoms with E-state index in [2.05, 4.69) is 4.98 Å². The summed E-state index contributed by atoms with van der Waals surface area (Å²) < 4.78 is 0. The number of aromatic hydroxyl groups is 1. The summed E-state index contributed by atoms with van der Waals surface area (Å²) in [5, 5.41) is 17.4. The second-order valence-electron chi connectivity index (χ2n) is 2.51. The Morgan fingerprint density at radius 1 is 1.69 bits per heavy atom. The minimum atomic E-state index is -0.455. The molecule has 0 aliphatic carbocycles. The predicted molar refractivity (Wildman–Crippen MR) is 48.1 cm³/mol. The minimum Gasteiger partial charge on any atom is -0.505 e. The van der Waals surface area contributed by atoms with Gasteiger partial charge in [0.1, 0.15) is 0 Å². The number of nitriles is 1. The van der Waals surface area contributed by atoms with Crippen molar-refractivity contribution in [3.05, 3.63) is 23.0 Å². The molecule has 0 spiro atoms. The summed E-state index contributed by atoms with van der Waals surface area (Å²) in [5.74, 6) is -0.0884. The maximum absolute atomic E-state index is 9.06. The SMILES string of the molecule is N#CC[C@H](N)c1ccc(O)c(Cl)n1. The number of hydrogen-bond acceptors (Lipinski definition) is 4. The smallest absolute Gasteiger partial charge is 0.171 e. The van der Waals surface area contributed by atoms with Gasteiger partial charge in [0.2, 0.25) is 0 Å². The van der Waals surface area contributed by atoms with Crippen LogP contribution in [0.5, 0.6) is 5.75 Å². The molecule has 0 saturated heterocycles. The Morgan fingerprint density at radius 3 is 2.92 bits per heavy atom. The van der Waals surface area contributed by atoms with Gasteiger partial charge in [-0.1, -0.05) is 11.6 Å².